The smallest absolute Gasteiger partial charge is 0.0580 e. The van der Waals surface area contributed by atoms with Gasteiger partial charge in [0.05, 0.1) is 6.10 Å². The van der Waals surface area contributed by atoms with Gasteiger partial charge in [0.25, 0.3) is 0 Å². The summed E-state index contributed by atoms with van der Waals surface area (Å²) in [5, 5.41) is 11.2. The molecule has 1 aliphatic heterocycles. The molecule has 0 aromatic heterocycles. The molecule has 3 heteroatoms. The molecule has 20 heavy (non-hydrogen) atoms. The fourth-order valence-corrected chi connectivity index (χ4v) is 5.00. The van der Waals surface area contributed by atoms with Gasteiger partial charge in [-0.25, -0.2) is 0 Å². The molecule has 2 nitrogen and oxygen atoms in total. The molecule has 0 bridgehead atoms. The Morgan fingerprint density at radius 2 is 2.00 bits per heavy atom. The molecular weight excluding hydrogens is 266 g/mol. The van der Waals surface area contributed by atoms with Gasteiger partial charge in [0.2, 0.25) is 0 Å². The van der Waals surface area contributed by atoms with Crippen molar-refractivity contribution < 1.29 is 5.11 Å². The van der Waals surface area contributed by atoms with E-state index in [1.807, 2.05) is 0 Å². The van der Waals surface area contributed by atoms with Crippen LogP contribution in [0.25, 0.3) is 0 Å². The van der Waals surface area contributed by atoms with Crippen molar-refractivity contribution in [2.75, 3.05) is 25.4 Å². The Bertz CT molecular complexity index is 302. The minimum absolute atomic E-state index is 0.0664. The minimum atomic E-state index is -0.0664. The second-order valence-electron chi connectivity index (χ2n) is 7.86. The van der Waals surface area contributed by atoms with E-state index >= 15 is 0 Å². The molecule has 2 fully saturated rings. The zero-order chi connectivity index (χ0) is 14.8. The van der Waals surface area contributed by atoms with E-state index in [-0.39, 0.29) is 6.10 Å². The van der Waals surface area contributed by atoms with Crippen LogP contribution in [0.15, 0.2) is 0 Å². The predicted octanol–water partition coefficient (Wildman–Crippen LogP) is 3.64. The summed E-state index contributed by atoms with van der Waals surface area (Å²) in [6.07, 6.45) is 4.63. The molecule has 0 amide bonds. The van der Waals surface area contributed by atoms with Crippen LogP contribution in [0.1, 0.15) is 53.4 Å². The average molecular weight is 300 g/mol. The second-order valence-corrected chi connectivity index (χ2v) is 9.27. The summed E-state index contributed by atoms with van der Waals surface area (Å²) in [7, 11) is 0. The zero-order valence-corrected chi connectivity index (χ0v) is 14.6. The molecule has 0 radical (unpaired) electrons. The Hall–Kier alpha value is 0.270. The lowest BCUT2D eigenvalue weighted by atomic mass is 9.68. The molecular formula is C17H33NOS. The third kappa shape index (κ3) is 4.38. The fraction of sp³-hybridized carbons (Fsp3) is 1.00. The molecule has 4 atom stereocenters. The third-order valence-electron chi connectivity index (χ3n) is 5.34. The maximum Gasteiger partial charge on any atom is 0.0580 e. The lowest BCUT2D eigenvalue weighted by molar-refractivity contribution is 0.00367. The van der Waals surface area contributed by atoms with Crippen molar-refractivity contribution in [3.05, 3.63) is 0 Å². The van der Waals surface area contributed by atoms with Crippen LogP contribution in [-0.4, -0.2) is 46.7 Å². The molecule has 1 saturated heterocycles. The predicted molar refractivity (Wildman–Crippen MR) is 89.3 cm³/mol. The van der Waals surface area contributed by atoms with Gasteiger partial charge in [-0.05, 0) is 42.9 Å². The summed E-state index contributed by atoms with van der Waals surface area (Å²) >= 11 is 2.13. The first-order valence-corrected chi connectivity index (χ1v) is 9.47. The summed E-state index contributed by atoms with van der Waals surface area (Å²) in [5.74, 6) is 2.54. The van der Waals surface area contributed by atoms with Crippen LogP contribution >= 0.6 is 11.8 Å². The van der Waals surface area contributed by atoms with Crippen LogP contribution < -0.4 is 0 Å². The molecule has 1 N–H and O–H groups in total. The number of hydrogen-bond acceptors (Lipinski definition) is 3. The van der Waals surface area contributed by atoms with E-state index in [9.17, 15) is 5.11 Å². The van der Waals surface area contributed by atoms with Gasteiger partial charge in [-0.1, -0.05) is 27.7 Å². The highest BCUT2D eigenvalue weighted by molar-refractivity contribution is 8.00. The first-order valence-electron chi connectivity index (χ1n) is 8.42. The molecule has 1 heterocycles. The van der Waals surface area contributed by atoms with E-state index in [0.29, 0.717) is 11.3 Å². The molecule has 4 unspecified atom stereocenters. The van der Waals surface area contributed by atoms with Crippen LogP contribution in [0.4, 0.5) is 0 Å². The Morgan fingerprint density at radius 1 is 1.25 bits per heavy atom. The molecule has 2 rings (SSSR count). The van der Waals surface area contributed by atoms with Crippen molar-refractivity contribution in [3.63, 3.8) is 0 Å². The first kappa shape index (κ1) is 16.6. The molecule has 1 aliphatic carbocycles. The van der Waals surface area contributed by atoms with Gasteiger partial charge in [0.15, 0.2) is 0 Å². The van der Waals surface area contributed by atoms with Gasteiger partial charge in [0.1, 0.15) is 0 Å². The molecule has 0 aromatic carbocycles. The molecule has 1 saturated carbocycles. The maximum absolute atomic E-state index is 10.4. The molecule has 118 valence electrons. The van der Waals surface area contributed by atoms with Crippen LogP contribution in [-0.2, 0) is 0 Å². The number of hydrogen-bond donors (Lipinski definition) is 1. The molecule has 0 spiro atoms. The quantitative estimate of drug-likeness (QED) is 0.860. The van der Waals surface area contributed by atoms with E-state index in [2.05, 4.69) is 44.4 Å². The van der Waals surface area contributed by atoms with Crippen molar-refractivity contribution in [2.45, 2.75) is 64.7 Å². The number of thioether (sulfide) groups is 1. The third-order valence-corrected chi connectivity index (χ3v) is 6.71. The van der Waals surface area contributed by atoms with E-state index in [4.69, 9.17) is 0 Å². The van der Waals surface area contributed by atoms with Crippen molar-refractivity contribution >= 4 is 11.8 Å². The highest BCUT2D eigenvalue weighted by Gasteiger charge is 2.36. The highest BCUT2D eigenvalue weighted by atomic mass is 32.2. The lowest BCUT2D eigenvalue weighted by Crippen LogP contribution is -2.45. The van der Waals surface area contributed by atoms with Gasteiger partial charge in [0, 0.05) is 30.6 Å². The maximum atomic E-state index is 10.4. The molecule has 2 aliphatic rings. The Kier molecular flexibility index (Phi) is 5.84. The van der Waals surface area contributed by atoms with Crippen LogP contribution in [0.2, 0.25) is 0 Å². The normalized spacial score (nSPS) is 37.0. The van der Waals surface area contributed by atoms with Crippen molar-refractivity contribution in [3.8, 4) is 0 Å². The van der Waals surface area contributed by atoms with Crippen molar-refractivity contribution in [1.82, 2.24) is 4.90 Å². The SMILES string of the molecule is CCC1CN(CC2CC(C(C)(C)C)CCC2O)CCS1. The summed E-state index contributed by atoms with van der Waals surface area (Å²) in [5.41, 5.74) is 0.391. The topological polar surface area (TPSA) is 23.5 Å². The average Bonchev–Trinajstić information content (AvgIpc) is 2.40. The van der Waals surface area contributed by atoms with Gasteiger partial charge < -0.3 is 10.0 Å². The summed E-state index contributed by atoms with van der Waals surface area (Å²) in [6.45, 7) is 12.9. The van der Waals surface area contributed by atoms with Crippen LogP contribution in [0, 0.1) is 17.3 Å². The summed E-state index contributed by atoms with van der Waals surface area (Å²) in [4.78, 5) is 2.61. The highest BCUT2D eigenvalue weighted by Crippen LogP contribution is 2.40. The standard InChI is InChI=1S/C17H33NOS/c1-5-15-12-18(8-9-20-15)11-13-10-14(17(2,3)4)6-7-16(13)19/h13-16,19H,5-12H2,1-4H3. The summed E-state index contributed by atoms with van der Waals surface area (Å²) in [6, 6.07) is 0. The number of rotatable bonds is 3. The summed E-state index contributed by atoms with van der Waals surface area (Å²) < 4.78 is 0. The van der Waals surface area contributed by atoms with E-state index < -0.39 is 0 Å². The molecule has 0 aromatic rings. The van der Waals surface area contributed by atoms with Gasteiger partial charge in [-0.15, -0.1) is 0 Å². The van der Waals surface area contributed by atoms with E-state index in [0.717, 1.165) is 24.1 Å². The number of aliphatic hydroxyl groups is 1. The number of aliphatic hydroxyl groups excluding tert-OH is 1. The van der Waals surface area contributed by atoms with Crippen molar-refractivity contribution in [1.29, 1.82) is 0 Å². The second kappa shape index (κ2) is 7.02. The van der Waals surface area contributed by atoms with E-state index in [1.165, 1.54) is 38.1 Å². The Labute approximate surface area is 129 Å². The zero-order valence-electron chi connectivity index (χ0n) is 13.8. The number of nitrogens with zero attached hydrogens (tertiary/aromatic N) is 1. The lowest BCUT2D eigenvalue weighted by Gasteiger charge is -2.43. The van der Waals surface area contributed by atoms with Gasteiger partial charge >= 0.3 is 0 Å². The largest absolute Gasteiger partial charge is 0.393 e. The van der Waals surface area contributed by atoms with Gasteiger partial charge in [-0.3, -0.25) is 0 Å². The van der Waals surface area contributed by atoms with Crippen LogP contribution in [0.5, 0.6) is 0 Å². The Morgan fingerprint density at radius 3 is 2.65 bits per heavy atom. The van der Waals surface area contributed by atoms with Gasteiger partial charge in [-0.2, -0.15) is 11.8 Å². The Balaban J connectivity index is 1.89. The first-order chi connectivity index (χ1) is 9.40. The monoisotopic (exact) mass is 299 g/mol. The van der Waals surface area contributed by atoms with Crippen LogP contribution in [0.3, 0.4) is 0 Å². The minimum Gasteiger partial charge on any atom is -0.393 e. The van der Waals surface area contributed by atoms with Crippen molar-refractivity contribution in [2.24, 2.45) is 17.3 Å². The van der Waals surface area contributed by atoms with E-state index in [1.54, 1.807) is 0 Å². The fourth-order valence-electron chi connectivity index (χ4n) is 3.76.